The summed E-state index contributed by atoms with van der Waals surface area (Å²) in [6, 6.07) is 0. The largest absolute Gasteiger partial charge is 0.359 e. The van der Waals surface area contributed by atoms with Crippen LogP contribution in [-0.4, -0.2) is 31.7 Å². The van der Waals surface area contributed by atoms with E-state index < -0.39 is 5.67 Å². The summed E-state index contributed by atoms with van der Waals surface area (Å²) in [4.78, 5) is 10.8. The molecule has 1 unspecified atom stereocenters. The summed E-state index contributed by atoms with van der Waals surface area (Å²) in [5.41, 5.74) is -1.31. The fourth-order valence-corrected chi connectivity index (χ4v) is 1.24. The first-order chi connectivity index (χ1) is 5.16. The van der Waals surface area contributed by atoms with Crippen LogP contribution in [0.4, 0.5) is 4.39 Å². The standard InChI is InChI=1S/C7H13FN2O/c1-9-6(11)4-7(8)2-3-10-5-7/h10H,2-5H2,1H3,(H,9,11). The maximum atomic E-state index is 13.4. The van der Waals surface area contributed by atoms with E-state index in [4.69, 9.17) is 0 Å². The minimum atomic E-state index is -1.31. The molecule has 64 valence electrons. The SMILES string of the molecule is CNC(=O)CC1(F)CCNC1. The molecule has 0 aromatic rings. The van der Waals surface area contributed by atoms with Crippen molar-refractivity contribution in [2.45, 2.75) is 18.5 Å². The zero-order valence-electron chi connectivity index (χ0n) is 6.61. The zero-order valence-corrected chi connectivity index (χ0v) is 6.61. The first kappa shape index (κ1) is 8.46. The summed E-state index contributed by atoms with van der Waals surface area (Å²) >= 11 is 0. The molecule has 1 rings (SSSR count). The highest BCUT2D eigenvalue weighted by Gasteiger charge is 2.35. The van der Waals surface area contributed by atoms with Crippen LogP contribution >= 0.6 is 0 Å². The van der Waals surface area contributed by atoms with Gasteiger partial charge in [0.15, 0.2) is 0 Å². The Bertz CT molecular complexity index is 155. The number of amides is 1. The summed E-state index contributed by atoms with van der Waals surface area (Å²) < 4.78 is 13.4. The average molecular weight is 160 g/mol. The predicted octanol–water partition coefficient (Wildman–Crippen LogP) is -0.176. The van der Waals surface area contributed by atoms with E-state index >= 15 is 0 Å². The third kappa shape index (κ3) is 2.15. The number of halogens is 1. The van der Waals surface area contributed by atoms with Gasteiger partial charge in [0.2, 0.25) is 5.91 Å². The van der Waals surface area contributed by atoms with Crippen LogP contribution < -0.4 is 10.6 Å². The smallest absolute Gasteiger partial charge is 0.223 e. The van der Waals surface area contributed by atoms with Crippen molar-refractivity contribution in [2.75, 3.05) is 20.1 Å². The second-order valence-corrected chi connectivity index (χ2v) is 2.93. The maximum absolute atomic E-state index is 13.4. The zero-order chi connectivity index (χ0) is 8.32. The van der Waals surface area contributed by atoms with Crippen molar-refractivity contribution in [3.63, 3.8) is 0 Å². The van der Waals surface area contributed by atoms with Gasteiger partial charge in [-0.25, -0.2) is 4.39 Å². The molecule has 1 fully saturated rings. The number of rotatable bonds is 2. The van der Waals surface area contributed by atoms with Gasteiger partial charge in [-0.1, -0.05) is 0 Å². The maximum Gasteiger partial charge on any atom is 0.223 e. The molecule has 1 heterocycles. The Balaban J connectivity index is 2.39. The van der Waals surface area contributed by atoms with Gasteiger partial charge < -0.3 is 10.6 Å². The van der Waals surface area contributed by atoms with Crippen LogP contribution in [0.15, 0.2) is 0 Å². The van der Waals surface area contributed by atoms with Gasteiger partial charge in [0.25, 0.3) is 0 Å². The molecule has 0 aliphatic carbocycles. The van der Waals surface area contributed by atoms with Crippen LogP contribution in [0.3, 0.4) is 0 Å². The molecule has 11 heavy (non-hydrogen) atoms. The van der Waals surface area contributed by atoms with E-state index in [1.54, 1.807) is 0 Å². The van der Waals surface area contributed by atoms with Gasteiger partial charge in [0, 0.05) is 13.6 Å². The van der Waals surface area contributed by atoms with Crippen molar-refractivity contribution in [1.82, 2.24) is 10.6 Å². The lowest BCUT2D eigenvalue weighted by Gasteiger charge is -2.15. The van der Waals surface area contributed by atoms with Crippen LogP contribution in [0.25, 0.3) is 0 Å². The summed E-state index contributed by atoms with van der Waals surface area (Å²) in [5, 5.41) is 5.30. The number of carbonyl (C=O) groups excluding carboxylic acids is 1. The van der Waals surface area contributed by atoms with Crippen molar-refractivity contribution < 1.29 is 9.18 Å². The Morgan fingerprint density at radius 1 is 1.82 bits per heavy atom. The van der Waals surface area contributed by atoms with E-state index in [9.17, 15) is 9.18 Å². The third-order valence-electron chi connectivity index (χ3n) is 1.95. The van der Waals surface area contributed by atoms with Crippen LogP contribution in [0.5, 0.6) is 0 Å². The van der Waals surface area contributed by atoms with Crippen molar-refractivity contribution in [1.29, 1.82) is 0 Å². The molecule has 0 bridgehead atoms. The van der Waals surface area contributed by atoms with Gasteiger partial charge in [0.05, 0.1) is 6.42 Å². The Hall–Kier alpha value is -0.640. The minimum absolute atomic E-state index is 0.0174. The molecule has 1 atom stereocenters. The van der Waals surface area contributed by atoms with Crippen LogP contribution in [0, 0.1) is 0 Å². The quantitative estimate of drug-likeness (QED) is 0.588. The molecular formula is C7H13FN2O. The number of nitrogens with one attached hydrogen (secondary N) is 2. The molecule has 0 aromatic heterocycles. The van der Waals surface area contributed by atoms with Crippen molar-refractivity contribution >= 4 is 5.91 Å². The van der Waals surface area contributed by atoms with Crippen molar-refractivity contribution in [3.8, 4) is 0 Å². The fraction of sp³-hybridized carbons (Fsp3) is 0.857. The van der Waals surface area contributed by atoms with Crippen LogP contribution in [0.2, 0.25) is 0 Å². The lowest BCUT2D eigenvalue weighted by molar-refractivity contribution is -0.123. The van der Waals surface area contributed by atoms with Gasteiger partial charge in [0.1, 0.15) is 5.67 Å². The van der Waals surface area contributed by atoms with Gasteiger partial charge in [-0.2, -0.15) is 0 Å². The van der Waals surface area contributed by atoms with E-state index in [0.717, 1.165) is 0 Å². The predicted molar refractivity (Wildman–Crippen MR) is 40.0 cm³/mol. The van der Waals surface area contributed by atoms with E-state index in [1.165, 1.54) is 7.05 Å². The normalized spacial score (nSPS) is 30.4. The van der Waals surface area contributed by atoms with Gasteiger partial charge in [-0.15, -0.1) is 0 Å². The van der Waals surface area contributed by atoms with E-state index in [-0.39, 0.29) is 12.3 Å². The van der Waals surface area contributed by atoms with Crippen molar-refractivity contribution in [2.24, 2.45) is 0 Å². The number of carbonyl (C=O) groups is 1. The molecule has 0 radical (unpaired) electrons. The topological polar surface area (TPSA) is 41.1 Å². The van der Waals surface area contributed by atoms with E-state index in [0.29, 0.717) is 19.5 Å². The highest BCUT2D eigenvalue weighted by Crippen LogP contribution is 2.23. The molecule has 3 nitrogen and oxygen atoms in total. The second kappa shape index (κ2) is 3.17. The van der Waals surface area contributed by atoms with Gasteiger partial charge in [-0.3, -0.25) is 4.79 Å². The Labute approximate surface area is 65.3 Å². The molecule has 0 aromatic carbocycles. The molecular weight excluding hydrogens is 147 g/mol. The van der Waals surface area contributed by atoms with Gasteiger partial charge in [-0.05, 0) is 13.0 Å². The summed E-state index contributed by atoms with van der Waals surface area (Å²) in [6.07, 6.45) is 0.428. The summed E-state index contributed by atoms with van der Waals surface area (Å²) in [7, 11) is 1.52. The lowest BCUT2D eigenvalue weighted by Crippen LogP contribution is -2.33. The minimum Gasteiger partial charge on any atom is -0.359 e. The number of hydrogen-bond donors (Lipinski definition) is 2. The first-order valence-corrected chi connectivity index (χ1v) is 3.76. The molecule has 0 saturated carbocycles. The van der Waals surface area contributed by atoms with E-state index in [2.05, 4.69) is 10.6 Å². The highest BCUT2D eigenvalue weighted by atomic mass is 19.1. The molecule has 1 amide bonds. The second-order valence-electron chi connectivity index (χ2n) is 2.93. The molecule has 1 saturated heterocycles. The molecule has 0 spiro atoms. The lowest BCUT2D eigenvalue weighted by atomic mass is 10.0. The summed E-state index contributed by atoms with van der Waals surface area (Å²) in [6.45, 7) is 0.980. The van der Waals surface area contributed by atoms with Crippen LogP contribution in [-0.2, 0) is 4.79 Å². The summed E-state index contributed by atoms with van der Waals surface area (Å²) in [5.74, 6) is -0.226. The molecule has 1 aliphatic rings. The third-order valence-corrected chi connectivity index (χ3v) is 1.95. The monoisotopic (exact) mass is 160 g/mol. The average Bonchev–Trinajstić information content (AvgIpc) is 2.36. The van der Waals surface area contributed by atoms with E-state index in [1.807, 2.05) is 0 Å². The Morgan fingerprint density at radius 2 is 2.55 bits per heavy atom. The van der Waals surface area contributed by atoms with Gasteiger partial charge >= 0.3 is 0 Å². The molecule has 4 heteroatoms. The number of alkyl halides is 1. The van der Waals surface area contributed by atoms with Crippen molar-refractivity contribution in [3.05, 3.63) is 0 Å². The molecule has 2 N–H and O–H groups in total. The molecule has 1 aliphatic heterocycles. The number of hydrogen-bond acceptors (Lipinski definition) is 2. The fourth-order valence-electron chi connectivity index (χ4n) is 1.24. The first-order valence-electron chi connectivity index (χ1n) is 3.76. The highest BCUT2D eigenvalue weighted by molar-refractivity contribution is 5.76. The Kier molecular flexibility index (Phi) is 2.44. The van der Waals surface area contributed by atoms with Crippen LogP contribution in [0.1, 0.15) is 12.8 Å². The Morgan fingerprint density at radius 3 is 3.00 bits per heavy atom.